The van der Waals surface area contributed by atoms with Gasteiger partial charge in [-0.05, 0) is 167 Å². The molecule has 0 N–H and O–H groups in total. The molecule has 0 atom stereocenters. The number of nitrogens with zero attached hydrogens (tertiary/aromatic N) is 10. The smallest absolute Gasteiger partial charge is 0.167 e. The van der Waals surface area contributed by atoms with Gasteiger partial charge in [0, 0.05) is 125 Å². The van der Waals surface area contributed by atoms with Crippen LogP contribution in [0.4, 0.5) is 0 Å². The van der Waals surface area contributed by atoms with E-state index >= 15 is 0 Å². The zero-order valence-electron chi connectivity index (χ0n) is 71.0. The molecule has 0 saturated heterocycles. The van der Waals surface area contributed by atoms with E-state index < -0.39 is 0 Å². The molecule has 27 aromatic rings. The molecule has 27 rings (SSSR count). The summed E-state index contributed by atoms with van der Waals surface area (Å²) in [5.41, 5.74) is 27.0. The minimum Gasteiger partial charge on any atom is -0.455 e. The summed E-state index contributed by atoms with van der Waals surface area (Å²) in [7, 11) is 0. The molecule has 0 spiro atoms. The molecule has 8 heterocycles. The molecular weight excluding hydrogens is 1630 g/mol. The normalized spacial score (nSPS) is 11.8. The first-order valence-corrected chi connectivity index (χ1v) is 45.3. The Morgan fingerprint density at radius 3 is 0.955 bits per heavy atom. The molecule has 0 saturated carbocycles. The van der Waals surface area contributed by atoms with Gasteiger partial charge >= 0.3 is 0 Å². The van der Waals surface area contributed by atoms with Crippen LogP contribution in [-0.2, 0) is 0 Å². The molecule has 19 aromatic carbocycles. The van der Waals surface area contributed by atoms with Gasteiger partial charge in [0.25, 0.3) is 0 Å². The number of aromatic nitrogens is 10. The van der Waals surface area contributed by atoms with E-state index in [1.54, 1.807) is 0 Å². The minimum absolute atomic E-state index is 0.546. The van der Waals surface area contributed by atoms with E-state index in [2.05, 4.69) is 388 Å². The van der Waals surface area contributed by atoms with Gasteiger partial charge in [0.1, 0.15) is 11.2 Å². The van der Waals surface area contributed by atoms with Gasteiger partial charge in [-0.3, -0.25) is 0 Å². The van der Waals surface area contributed by atoms with Crippen LogP contribution in [0.2, 0.25) is 0 Å². The van der Waals surface area contributed by atoms with Crippen molar-refractivity contribution < 1.29 is 4.42 Å². The molecule has 0 aliphatic rings. The summed E-state index contributed by atoms with van der Waals surface area (Å²) < 4.78 is 18.6. The summed E-state index contributed by atoms with van der Waals surface area (Å²) in [5, 5.41) is 14.3. The maximum absolute atomic E-state index is 6.52. The van der Waals surface area contributed by atoms with E-state index in [1.807, 2.05) is 90.2 Å². The second-order valence-electron chi connectivity index (χ2n) is 33.6. The predicted octanol–water partition coefficient (Wildman–Crippen LogP) is 31.4. The Morgan fingerprint density at radius 1 is 0.174 bits per heavy atom. The highest BCUT2D eigenvalue weighted by Gasteiger charge is 2.26. The number of furan rings is 1. The highest BCUT2D eigenvalue weighted by molar-refractivity contribution is 7.26. The van der Waals surface area contributed by atoms with Gasteiger partial charge < -0.3 is 22.7 Å². The van der Waals surface area contributed by atoms with Crippen molar-refractivity contribution in [1.82, 2.24) is 48.2 Å². The van der Waals surface area contributed by atoms with Crippen LogP contribution in [0.5, 0.6) is 0 Å². The molecule has 132 heavy (non-hydrogen) atoms. The second kappa shape index (κ2) is 31.2. The van der Waals surface area contributed by atoms with E-state index in [4.69, 9.17) is 34.3 Å². The first-order valence-electron chi connectivity index (χ1n) is 44.4. The van der Waals surface area contributed by atoms with E-state index in [9.17, 15) is 0 Å². The number of para-hydroxylation sites is 8. The molecule has 0 fully saturated rings. The number of rotatable bonds is 13. The van der Waals surface area contributed by atoms with Crippen molar-refractivity contribution in [2.24, 2.45) is 0 Å². The van der Waals surface area contributed by atoms with Crippen LogP contribution in [0.15, 0.2) is 453 Å². The molecule has 11 nitrogen and oxygen atoms in total. The van der Waals surface area contributed by atoms with Crippen molar-refractivity contribution in [3.05, 3.63) is 449 Å². The quantitative estimate of drug-likeness (QED) is 0.113. The van der Waals surface area contributed by atoms with Crippen molar-refractivity contribution in [3.63, 3.8) is 0 Å². The Bertz CT molecular complexity index is 9200. The third kappa shape index (κ3) is 12.8. The summed E-state index contributed by atoms with van der Waals surface area (Å²) in [4.78, 5) is 31.5. The minimum atomic E-state index is 0.546. The molecule has 8 aromatic heterocycles. The van der Waals surface area contributed by atoms with Gasteiger partial charge in [-0.2, -0.15) is 0 Å². The molecule has 0 aliphatic carbocycles. The predicted molar refractivity (Wildman–Crippen MR) is 546 cm³/mol. The Morgan fingerprint density at radius 2 is 0.485 bits per heavy atom. The molecule has 616 valence electrons. The van der Waals surface area contributed by atoms with Gasteiger partial charge in [0.15, 0.2) is 34.9 Å². The second-order valence-corrected chi connectivity index (χ2v) is 34.7. The largest absolute Gasteiger partial charge is 0.455 e. The molecule has 0 aliphatic heterocycles. The lowest BCUT2D eigenvalue weighted by molar-refractivity contribution is 0.669. The lowest BCUT2D eigenvalue weighted by Crippen LogP contribution is -2.02. The van der Waals surface area contributed by atoms with Crippen molar-refractivity contribution in [3.8, 4) is 124 Å². The van der Waals surface area contributed by atoms with Crippen LogP contribution in [-0.4, -0.2) is 48.2 Å². The van der Waals surface area contributed by atoms with E-state index in [0.717, 1.165) is 128 Å². The Hall–Kier alpha value is -17.6. The third-order valence-electron chi connectivity index (χ3n) is 25.9. The molecule has 12 heteroatoms. The number of hydrogen-bond donors (Lipinski definition) is 0. The molecule has 0 bridgehead atoms. The molecular formula is C120H74N10OS. The van der Waals surface area contributed by atoms with E-state index in [0.29, 0.717) is 34.9 Å². The first-order chi connectivity index (χ1) is 65.4. The summed E-state index contributed by atoms with van der Waals surface area (Å²) in [6.07, 6.45) is 0. The zero-order valence-corrected chi connectivity index (χ0v) is 71.8. The van der Waals surface area contributed by atoms with Crippen molar-refractivity contribution in [2.45, 2.75) is 0 Å². The van der Waals surface area contributed by atoms with Crippen LogP contribution in [0, 0.1) is 0 Å². The number of fused-ring (bicyclic) bond motifs is 18. The summed E-state index contributed by atoms with van der Waals surface area (Å²) in [6.45, 7) is 0. The summed E-state index contributed by atoms with van der Waals surface area (Å²) >= 11 is 1.84. The fourth-order valence-electron chi connectivity index (χ4n) is 19.9. The van der Waals surface area contributed by atoms with Crippen LogP contribution < -0.4 is 0 Å². The molecule has 0 unspecified atom stereocenters. The van der Waals surface area contributed by atoms with Crippen molar-refractivity contribution >= 4 is 141 Å². The number of benzene rings is 19. The number of hydrogen-bond acceptors (Lipinski definition) is 8. The zero-order chi connectivity index (χ0) is 86.9. The van der Waals surface area contributed by atoms with Gasteiger partial charge in [-0.1, -0.05) is 315 Å². The lowest BCUT2D eigenvalue weighted by Gasteiger charge is -2.15. The fraction of sp³-hybridized carbons (Fsp3) is 0. The summed E-state index contributed by atoms with van der Waals surface area (Å²) in [5.74, 6) is 3.54. The third-order valence-corrected chi connectivity index (χ3v) is 27.1. The highest BCUT2D eigenvalue weighted by Crippen LogP contribution is 2.46. The SMILES string of the molecule is c1ccc(-c2cc(-c3nc(-c4ccccc4)nc(-c4cccc(-c5cccc6c5sc5ccccc56)c4)n3)cc(-n3c4ccccc4c4cc(-n5c6ccccc6c6ccccc65)ccc43)c2)cc1.c1ccc(-c2cc(-c3nc(-c4ccccc4)nc(-c4cccc5c4oc4ccccc45)n3)cc(-n3c4ccccc4c4cc(-n5c6ccccc6c6ccccc65)ccc43)c2)cc1. The summed E-state index contributed by atoms with van der Waals surface area (Å²) in [6, 6.07) is 159. The van der Waals surface area contributed by atoms with Gasteiger partial charge in [-0.25, -0.2) is 29.9 Å². The van der Waals surface area contributed by atoms with Crippen molar-refractivity contribution in [2.75, 3.05) is 0 Å². The average Bonchev–Trinajstić information content (AvgIpc) is 1.57. The Kier molecular flexibility index (Phi) is 17.9. The van der Waals surface area contributed by atoms with Crippen LogP contribution in [0.1, 0.15) is 0 Å². The van der Waals surface area contributed by atoms with Crippen LogP contribution >= 0.6 is 11.3 Å². The van der Waals surface area contributed by atoms with Gasteiger partial charge in [0.05, 0.1) is 49.7 Å². The highest BCUT2D eigenvalue weighted by atomic mass is 32.1. The topological polar surface area (TPSA) is 110 Å². The fourth-order valence-corrected chi connectivity index (χ4v) is 21.1. The lowest BCUT2D eigenvalue weighted by atomic mass is 10.00. The Balaban J connectivity index is 0.000000139. The van der Waals surface area contributed by atoms with E-state index in [1.165, 1.54) is 90.9 Å². The first kappa shape index (κ1) is 75.7. The maximum Gasteiger partial charge on any atom is 0.167 e. The number of thiophene rings is 1. The average molecular weight is 1700 g/mol. The van der Waals surface area contributed by atoms with E-state index in [-0.39, 0.29) is 0 Å². The molecule has 0 amide bonds. The van der Waals surface area contributed by atoms with Crippen LogP contribution in [0.3, 0.4) is 0 Å². The van der Waals surface area contributed by atoms with Crippen molar-refractivity contribution in [1.29, 1.82) is 0 Å². The molecule has 0 radical (unpaired) electrons. The van der Waals surface area contributed by atoms with Crippen LogP contribution in [0.25, 0.3) is 254 Å². The van der Waals surface area contributed by atoms with Gasteiger partial charge in [0.2, 0.25) is 0 Å². The standard InChI is InChI=1S/C63H39N5S.C57H35N5O/c1-3-17-40(18-4-1)44-36-45(38-47(37-44)68-57-31-13-9-25-51(57)54-39-46(33-34-58(54)68)67-55-29-11-7-23-49(55)50-24-8-12-30-56(50)67)63-65-61(41-19-5-2-6-20-41)64-62(66-63)43-22-15-21-42(35-43)48-27-16-28-53-52-26-10-14-32-59(52)69-60(48)53;1-3-16-36(17-4-1)38-32-39(56-58-55(37-18-5-2-6-19-37)59-57(60-56)47-25-15-24-46-45-23-10-14-29-53(45)63-54(46)47)34-41(33-38)62-51-28-13-9-22-44(51)48-35-40(30-31-52(48)62)61-49-26-11-7-20-42(49)43-21-8-12-27-50(43)61/h1-39H;1-35H. The monoisotopic (exact) mass is 1700 g/mol. The van der Waals surface area contributed by atoms with Gasteiger partial charge in [-0.15, -0.1) is 11.3 Å². The maximum atomic E-state index is 6.52. The Labute approximate surface area is 761 Å².